The highest BCUT2D eigenvalue weighted by molar-refractivity contribution is 7.16. The van der Waals surface area contributed by atoms with Crippen molar-refractivity contribution in [3.05, 3.63) is 45.1 Å². The van der Waals surface area contributed by atoms with Crippen molar-refractivity contribution in [1.29, 1.82) is 0 Å². The van der Waals surface area contributed by atoms with Crippen LogP contribution in [-0.2, 0) is 6.54 Å². The molecule has 0 fully saturated rings. The van der Waals surface area contributed by atoms with Crippen molar-refractivity contribution < 1.29 is 4.74 Å². The molecule has 0 aliphatic carbocycles. The van der Waals surface area contributed by atoms with E-state index in [2.05, 4.69) is 24.4 Å². The van der Waals surface area contributed by atoms with Gasteiger partial charge in [-0.25, -0.2) is 0 Å². The first-order valence-electron chi connectivity index (χ1n) is 6.30. The van der Waals surface area contributed by atoms with Gasteiger partial charge in [0.25, 0.3) is 0 Å². The van der Waals surface area contributed by atoms with Crippen molar-refractivity contribution >= 4 is 28.6 Å². The molecule has 0 saturated carbocycles. The quantitative estimate of drug-likeness (QED) is 0.827. The fourth-order valence-electron chi connectivity index (χ4n) is 1.81. The second kappa shape index (κ2) is 6.31. The maximum absolute atomic E-state index is 5.92. The molecule has 2 rings (SSSR count). The van der Waals surface area contributed by atoms with E-state index in [0.717, 1.165) is 22.3 Å². The van der Waals surface area contributed by atoms with Crippen LogP contribution in [0.5, 0.6) is 5.75 Å². The Labute approximate surface area is 123 Å². The molecule has 0 aliphatic heterocycles. The van der Waals surface area contributed by atoms with Crippen LogP contribution >= 0.6 is 22.9 Å². The molecule has 1 aromatic carbocycles. The van der Waals surface area contributed by atoms with Crippen molar-refractivity contribution in [2.45, 2.75) is 33.4 Å². The largest absolute Gasteiger partial charge is 0.491 e. The Balaban J connectivity index is 2.00. The molecule has 0 aliphatic rings. The lowest BCUT2D eigenvalue weighted by Gasteiger charge is -2.13. The number of aryl methyl sites for hydroxylation is 1. The number of hydrogen-bond donors (Lipinski definition) is 1. The van der Waals surface area contributed by atoms with Crippen LogP contribution in [0.15, 0.2) is 30.3 Å². The summed E-state index contributed by atoms with van der Waals surface area (Å²) in [5.41, 5.74) is 2.31. The minimum Gasteiger partial charge on any atom is -0.491 e. The second-order valence-corrected chi connectivity index (χ2v) is 6.50. The minimum absolute atomic E-state index is 0.200. The molecule has 102 valence electrons. The van der Waals surface area contributed by atoms with Crippen LogP contribution in [0.2, 0.25) is 4.34 Å². The molecule has 1 N–H and O–H groups in total. The molecule has 2 aromatic rings. The summed E-state index contributed by atoms with van der Waals surface area (Å²) in [7, 11) is 0. The molecule has 4 heteroatoms. The van der Waals surface area contributed by atoms with Gasteiger partial charge in [0.2, 0.25) is 0 Å². The first-order chi connectivity index (χ1) is 9.04. The molecule has 1 aromatic heterocycles. The summed E-state index contributed by atoms with van der Waals surface area (Å²) < 4.78 is 6.50. The fraction of sp³-hybridized carbons (Fsp3) is 0.333. The Bertz CT molecular complexity index is 551. The standard InChI is InChI=1S/C15H18ClNOS/c1-10(2)18-12-4-6-14(11(3)8-12)17-9-13-5-7-15(16)19-13/h4-8,10,17H,9H2,1-3H3. The van der Waals surface area contributed by atoms with E-state index in [9.17, 15) is 0 Å². The zero-order valence-electron chi connectivity index (χ0n) is 11.4. The number of anilines is 1. The Morgan fingerprint density at radius 3 is 2.63 bits per heavy atom. The molecule has 0 atom stereocenters. The number of halogens is 1. The highest BCUT2D eigenvalue weighted by atomic mass is 35.5. The molecule has 0 bridgehead atoms. The molecule has 0 spiro atoms. The van der Waals surface area contributed by atoms with E-state index in [1.165, 1.54) is 10.4 Å². The van der Waals surface area contributed by atoms with Gasteiger partial charge in [0.05, 0.1) is 10.4 Å². The maximum atomic E-state index is 5.92. The highest BCUT2D eigenvalue weighted by Crippen LogP contribution is 2.25. The van der Waals surface area contributed by atoms with Gasteiger partial charge in [0.1, 0.15) is 5.75 Å². The van der Waals surface area contributed by atoms with Crippen LogP contribution in [0.3, 0.4) is 0 Å². The van der Waals surface area contributed by atoms with Gasteiger partial charge in [-0.1, -0.05) is 11.6 Å². The third-order valence-corrected chi connectivity index (χ3v) is 3.88. The zero-order valence-corrected chi connectivity index (χ0v) is 12.9. The Morgan fingerprint density at radius 2 is 2.05 bits per heavy atom. The predicted molar refractivity (Wildman–Crippen MR) is 83.6 cm³/mol. The summed E-state index contributed by atoms with van der Waals surface area (Å²) in [4.78, 5) is 1.23. The molecular formula is C15H18ClNOS. The van der Waals surface area contributed by atoms with E-state index in [-0.39, 0.29) is 6.10 Å². The molecule has 0 saturated heterocycles. The van der Waals surface area contributed by atoms with Gasteiger partial charge in [0.15, 0.2) is 0 Å². The number of benzene rings is 1. The third kappa shape index (κ3) is 4.15. The summed E-state index contributed by atoms with van der Waals surface area (Å²) >= 11 is 7.52. The van der Waals surface area contributed by atoms with E-state index in [1.54, 1.807) is 11.3 Å². The summed E-state index contributed by atoms with van der Waals surface area (Å²) in [5.74, 6) is 0.914. The van der Waals surface area contributed by atoms with Crippen LogP contribution in [0.1, 0.15) is 24.3 Å². The topological polar surface area (TPSA) is 21.3 Å². The van der Waals surface area contributed by atoms with Crippen LogP contribution < -0.4 is 10.1 Å². The Hall–Kier alpha value is -1.19. The predicted octanol–water partition coefficient (Wildman–Crippen LogP) is 5.11. The third-order valence-electron chi connectivity index (χ3n) is 2.65. The molecule has 19 heavy (non-hydrogen) atoms. The smallest absolute Gasteiger partial charge is 0.120 e. The lowest BCUT2D eigenvalue weighted by atomic mass is 10.2. The van der Waals surface area contributed by atoms with Crippen LogP contribution in [-0.4, -0.2) is 6.10 Å². The van der Waals surface area contributed by atoms with Gasteiger partial charge in [0, 0.05) is 17.1 Å². The van der Waals surface area contributed by atoms with E-state index in [4.69, 9.17) is 16.3 Å². The Kier molecular flexibility index (Phi) is 4.72. The van der Waals surface area contributed by atoms with Crippen LogP contribution in [0.4, 0.5) is 5.69 Å². The summed E-state index contributed by atoms with van der Waals surface area (Å²) in [6, 6.07) is 10.1. The highest BCUT2D eigenvalue weighted by Gasteiger charge is 2.03. The summed E-state index contributed by atoms with van der Waals surface area (Å²) in [6.45, 7) is 6.93. The van der Waals surface area contributed by atoms with Gasteiger partial charge in [-0.3, -0.25) is 0 Å². The van der Waals surface area contributed by atoms with E-state index < -0.39 is 0 Å². The monoisotopic (exact) mass is 295 g/mol. The first-order valence-corrected chi connectivity index (χ1v) is 7.49. The summed E-state index contributed by atoms with van der Waals surface area (Å²) in [5, 5.41) is 3.42. The average molecular weight is 296 g/mol. The molecule has 0 radical (unpaired) electrons. The number of hydrogen-bond acceptors (Lipinski definition) is 3. The van der Waals surface area contributed by atoms with Crippen molar-refractivity contribution in [2.75, 3.05) is 5.32 Å². The molecule has 2 nitrogen and oxygen atoms in total. The van der Waals surface area contributed by atoms with E-state index in [1.807, 2.05) is 32.0 Å². The molecule has 1 heterocycles. The molecular weight excluding hydrogens is 278 g/mol. The fourth-order valence-corrected chi connectivity index (χ4v) is 2.84. The number of thiophene rings is 1. The van der Waals surface area contributed by atoms with Crippen molar-refractivity contribution in [2.24, 2.45) is 0 Å². The minimum atomic E-state index is 0.200. The molecule has 0 amide bonds. The number of nitrogens with one attached hydrogen (secondary N) is 1. The molecule has 0 unspecified atom stereocenters. The second-order valence-electron chi connectivity index (χ2n) is 4.70. The van der Waals surface area contributed by atoms with Gasteiger partial charge >= 0.3 is 0 Å². The Morgan fingerprint density at radius 1 is 1.26 bits per heavy atom. The SMILES string of the molecule is Cc1cc(OC(C)C)ccc1NCc1ccc(Cl)s1. The van der Waals surface area contributed by atoms with Gasteiger partial charge < -0.3 is 10.1 Å². The van der Waals surface area contributed by atoms with Crippen LogP contribution in [0, 0.1) is 6.92 Å². The van der Waals surface area contributed by atoms with E-state index in [0.29, 0.717) is 0 Å². The maximum Gasteiger partial charge on any atom is 0.120 e. The lowest BCUT2D eigenvalue weighted by Crippen LogP contribution is -2.06. The number of ether oxygens (including phenoxy) is 1. The van der Waals surface area contributed by atoms with Gasteiger partial charge in [-0.15, -0.1) is 11.3 Å². The average Bonchev–Trinajstić information content (AvgIpc) is 2.73. The zero-order chi connectivity index (χ0) is 13.8. The van der Waals surface area contributed by atoms with E-state index >= 15 is 0 Å². The van der Waals surface area contributed by atoms with Crippen molar-refractivity contribution in [3.8, 4) is 5.75 Å². The number of rotatable bonds is 5. The van der Waals surface area contributed by atoms with Crippen molar-refractivity contribution in [3.63, 3.8) is 0 Å². The van der Waals surface area contributed by atoms with Gasteiger partial charge in [-0.05, 0) is 56.7 Å². The van der Waals surface area contributed by atoms with Crippen LogP contribution in [0.25, 0.3) is 0 Å². The first kappa shape index (κ1) is 14.2. The summed E-state index contributed by atoms with van der Waals surface area (Å²) in [6.07, 6.45) is 0.200. The normalized spacial score (nSPS) is 10.8. The van der Waals surface area contributed by atoms with Crippen molar-refractivity contribution in [1.82, 2.24) is 0 Å². The van der Waals surface area contributed by atoms with Gasteiger partial charge in [-0.2, -0.15) is 0 Å². The lowest BCUT2D eigenvalue weighted by molar-refractivity contribution is 0.242.